The first-order valence-corrected chi connectivity index (χ1v) is 7.47. The van der Waals surface area contributed by atoms with Crippen molar-refractivity contribution in [3.8, 4) is 5.88 Å². The van der Waals surface area contributed by atoms with E-state index in [1.54, 1.807) is 6.07 Å². The Hall–Kier alpha value is -1.85. The van der Waals surface area contributed by atoms with Crippen LogP contribution in [0, 0.1) is 12.3 Å². The van der Waals surface area contributed by atoms with E-state index in [0.717, 1.165) is 12.1 Å². The number of rotatable bonds is 6. The van der Waals surface area contributed by atoms with Crippen LogP contribution < -0.4 is 9.64 Å². The Morgan fingerprint density at radius 2 is 2.24 bits per heavy atom. The van der Waals surface area contributed by atoms with Crippen molar-refractivity contribution in [2.24, 2.45) is 5.41 Å². The number of aryl methyl sites for hydroxylation is 1. The Balaban J connectivity index is 2.22. The Kier molecular flexibility index (Phi) is 4.65. The van der Waals surface area contributed by atoms with Gasteiger partial charge in [0.25, 0.3) is 0 Å². The van der Waals surface area contributed by atoms with Gasteiger partial charge < -0.3 is 14.7 Å². The van der Waals surface area contributed by atoms with Crippen LogP contribution in [0.3, 0.4) is 0 Å². The second kappa shape index (κ2) is 6.28. The molecule has 0 aliphatic carbocycles. The first-order valence-electron chi connectivity index (χ1n) is 7.47. The van der Waals surface area contributed by atoms with Crippen LogP contribution in [0.4, 0.5) is 5.95 Å². The van der Waals surface area contributed by atoms with Crippen LogP contribution in [0.1, 0.15) is 38.8 Å². The summed E-state index contributed by atoms with van der Waals surface area (Å²) in [5.41, 5.74) is 0.153. The SMILES string of the molecule is CCCC1(C(=O)O)CCN(c2nc(C)cc(OCC)n2)C1. The molecule has 1 aliphatic heterocycles. The number of carboxylic acid groups (broad SMARTS) is 1. The van der Waals surface area contributed by atoms with E-state index in [-0.39, 0.29) is 0 Å². The lowest BCUT2D eigenvalue weighted by molar-refractivity contribution is -0.148. The number of hydrogen-bond acceptors (Lipinski definition) is 5. The number of anilines is 1. The smallest absolute Gasteiger partial charge is 0.311 e. The average molecular weight is 293 g/mol. The molecule has 1 aliphatic rings. The molecule has 1 fully saturated rings. The zero-order valence-corrected chi connectivity index (χ0v) is 12.9. The highest BCUT2D eigenvalue weighted by Crippen LogP contribution is 2.37. The molecule has 6 nitrogen and oxygen atoms in total. The molecular weight excluding hydrogens is 270 g/mol. The number of aliphatic carboxylic acids is 1. The lowest BCUT2D eigenvalue weighted by Crippen LogP contribution is -2.35. The van der Waals surface area contributed by atoms with Crippen molar-refractivity contribution in [1.29, 1.82) is 0 Å². The molecule has 0 bridgehead atoms. The van der Waals surface area contributed by atoms with Gasteiger partial charge in [0, 0.05) is 24.8 Å². The number of hydrogen-bond donors (Lipinski definition) is 1. The topological polar surface area (TPSA) is 75.5 Å². The highest BCUT2D eigenvalue weighted by atomic mass is 16.5. The van der Waals surface area contributed by atoms with Crippen molar-refractivity contribution in [2.75, 3.05) is 24.6 Å². The summed E-state index contributed by atoms with van der Waals surface area (Å²) >= 11 is 0. The quantitative estimate of drug-likeness (QED) is 0.867. The van der Waals surface area contributed by atoms with Gasteiger partial charge in [-0.05, 0) is 26.7 Å². The van der Waals surface area contributed by atoms with E-state index in [4.69, 9.17) is 4.74 Å². The average Bonchev–Trinajstić information content (AvgIpc) is 2.85. The molecule has 0 spiro atoms. The highest BCUT2D eigenvalue weighted by molar-refractivity contribution is 5.76. The zero-order chi connectivity index (χ0) is 15.5. The van der Waals surface area contributed by atoms with Gasteiger partial charge in [0.2, 0.25) is 11.8 Å². The van der Waals surface area contributed by atoms with Crippen molar-refractivity contribution in [3.05, 3.63) is 11.8 Å². The molecule has 1 atom stereocenters. The Labute approximate surface area is 125 Å². The van der Waals surface area contributed by atoms with Crippen LogP contribution in [0.15, 0.2) is 6.07 Å². The van der Waals surface area contributed by atoms with Crippen molar-refractivity contribution < 1.29 is 14.6 Å². The van der Waals surface area contributed by atoms with E-state index >= 15 is 0 Å². The van der Waals surface area contributed by atoms with E-state index in [9.17, 15) is 9.90 Å². The summed E-state index contributed by atoms with van der Waals surface area (Å²) < 4.78 is 5.44. The maximum Gasteiger partial charge on any atom is 0.311 e. The molecule has 0 radical (unpaired) electrons. The van der Waals surface area contributed by atoms with Gasteiger partial charge in [0.05, 0.1) is 12.0 Å². The molecule has 0 amide bonds. The molecule has 116 valence electrons. The second-order valence-electron chi connectivity index (χ2n) is 5.59. The summed E-state index contributed by atoms with van der Waals surface area (Å²) in [6.45, 7) is 7.49. The summed E-state index contributed by atoms with van der Waals surface area (Å²) in [6.07, 6.45) is 2.18. The molecule has 1 saturated heterocycles. The molecule has 21 heavy (non-hydrogen) atoms. The normalized spacial score (nSPS) is 21.6. The van der Waals surface area contributed by atoms with Crippen LogP contribution in [-0.2, 0) is 4.79 Å². The fourth-order valence-electron chi connectivity index (χ4n) is 2.90. The molecule has 2 heterocycles. The molecule has 6 heteroatoms. The molecular formula is C15H23N3O3. The van der Waals surface area contributed by atoms with Gasteiger partial charge >= 0.3 is 5.97 Å². The van der Waals surface area contributed by atoms with Crippen molar-refractivity contribution in [3.63, 3.8) is 0 Å². The Bertz CT molecular complexity index is 521. The van der Waals surface area contributed by atoms with Crippen LogP contribution >= 0.6 is 0 Å². The molecule has 2 rings (SSSR count). The monoisotopic (exact) mass is 293 g/mol. The summed E-state index contributed by atoms with van der Waals surface area (Å²) in [6, 6.07) is 1.79. The Morgan fingerprint density at radius 1 is 1.48 bits per heavy atom. The summed E-state index contributed by atoms with van der Waals surface area (Å²) in [7, 11) is 0. The minimum absolute atomic E-state index is 0.463. The second-order valence-corrected chi connectivity index (χ2v) is 5.59. The van der Waals surface area contributed by atoms with E-state index in [2.05, 4.69) is 9.97 Å². The summed E-state index contributed by atoms with van der Waals surface area (Å²) in [5.74, 6) is 0.394. The number of carbonyl (C=O) groups is 1. The summed E-state index contributed by atoms with van der Waals surface area (Å²) in [4.78, 5) is 22.4. The molecule has 1 aromatic rings. The van der Waals surface area contributed by atoms with Crippen molar-refractivity contribution in [1.82, 2.24) is 9.97 Å². The first kappa shape index (κ1) is 15.5. The number of ether oxygens (including phenoxy) is 1. The van der Waals surface area contributed by atoms with Gasteiger partial charge in [0.1, 0.15) is 0 Å². The minimum atomic E-state index is -0.718. The molecule has 1 unspecified atom stereocenters. The van der Waals surface area contributed by atoms with Gasteiger partial charge in [-0.3, -0.25) is 4.79 Å². The lowest BCUT2D eigenvalue weighted by Gasteiger charge is -2.24. The third-order valence-electron chi connectivity index (χ3n) is 3.93. The van der Waals surface area contributed by atoms with Gasteiger partial charge in [-0.2, -0.15) is 4.98 Å². The van der Waals surface area contributed by atoms with Crippen LogP contribution in [0.2, 0.25) is 0 Å². The maximum atomic E-state index is 11.6. The van der Waals surface area contributed by atoms with Gasteiger partial charge in [-0.25, -0.2) is 4.98 Å². The maximum absolute atomic E-state index is 11.6. The fraction of sp³-hybridized carbons (Fsp3) is 0.667. The van der Waals surface area contributed by atoms with Crippen LogP contribution in [0.25, 0.3) is 0 Å². The molecule has 0 aromatic carbocycles. The minimum Gasteiger partial charge on any atom is -0.481 e. The van der Waals surface area contributed by atoms with Gasteiger partial charge in [-0.1, -0.05) is 13.3 Å². The standard InChI is InChI=1S/C15H23N3O3/c1-4-6-15(13(19)20)7-8-18(10-15)14-16-11(3)9-12(17-14)21-5-2/h9H,4-8,10H2,1-3H3,(H,19,20). The van der Waals surface area contributed by atoms with E-state index in [1.807, 2.05) is 25.7 Å². The number of aromatic nitrogens is 2. The predicted octanol–water partition coefficient (Wildman–Crippen LogP) is 2.26. The molecule has 0 saturated carbocycles. The van der Waals surface area contributed by atoms with Crippen molar-refractivity contribution in [2.45, 2.75) is 40.0 Å². The largest absolute Gasteiger partial charge is 0.481 e. The van der Waals surface area contributed by atoms with Crippen molar-refractivity contribution >= 4 is 11.9 Å². The van der Waals surface area contributed by atoms with E-state index in [0.29, 0.717) is 44.4 Å². The fourth-order valence-corrected chi connectivity index (χ4v) is 2.90. The number of nitrogens with zero attached hydrogens (tertiary/aromatic N) is 3. The molecule has 1 aromatic heterocycles. The Morgan fingerprint density at radius 3 is 2.86 bits per heavy atom. The third-order valence-corrected chi connectivity index (χ3v) is 3.93. The number of carboxylic acids is 1. The van der Waals surface area contributed by atoms with Gasteiger partial charge in [0.15, 0.2) is 0 Å². The lowest BCUT2D eigenvalue weighted by atomic mass is 9.83. The van der Waals surface area contributed by atoms with Gasteiger partial charge in [-0.15, -0.1) is 0 Å². The molecule has 1 N–H and O–H groups in total. The first-order chi connectivity index (χ1) is 10.0. The zero-order valence-electron chi connectivity index (χ0n) is 12.9. The summed E-state index contributed by atoms with van der Waals surface area (Å²) in [5, 5.41) is 9.56. The highest BCUT2D eigenvalue weighted by Gasteiger charge is 2.44. The van der Waals surface area contributed by atoms with Crippen LogP contribution in [-0.4, -0.2) is 40.7 Å². The third kappa shape index (κ3) is 3.25. The predicted molar refractivity (Wildman–Crippen MR) is 79.7 cm³/mol. The van der Waals surface area contributed by atoms with Crippen LogP contribution in [0.5, 0.6) is 5.88 Å². The van der Waals surface area contributed by atoms with E-state index < -0.39 is 11.4 Å². The van der Waals surface area contributed by atoms with E-state index in [1.165, 1.54) is 0 Å².